The summed E-state index contributed by atoms with van der Waals surface area (Å²) in [6.07, 6.45) is 1.37. The van der Waals surface area contributed by atoms with Crippen LogP contribution in [0.4, 0.5) is 0 Å². The van der Waals surface area contributed by atoms with Crippen LogP contribution in [-0.4, -0.2) is 36.6 Å². The fourth-order valence-electron chi connectivity index (χ4n) is 1.09. The van der Waals surface area contributed by atoms with Gasteiger partial charge in [-0.25, -0.2) is 0 Å². The zero-order valence-corrected chi connectivity index (χ0v) is 6.21. The normalized spacial score (nSPS) is 24.3. The number of hydrogen-bond donors (Lipinski definition) is 2. The fourth-order valence-corrected chi connectivity index (χ4v) is 1.09. The molecule has 1 atom stereocenters. The summed E-state index contributed by atoms with van der Waals surface area (Å²) in [5.74, 6) is 0. The van der Waals surface area contributed by atoms with E-state index in [4.69, 9.17) is 9.84 Å². The summed E-state index contributed by atoms with van der Waals surface area (Å²) in [6.45, 7) is 0.415. The van der Waals surface area contributed by atoms with Crippen LogP contribution in [-0.2, 0) is 4.74 Å². The van der Waals surface area contributed by atoms with E-state index >= 15 is 0 Å². The lowest BCUT2D eigenvalue weighted by atomic mass is 10.0. The van der Waals surface area contributed by atoms with Gasteiger partial charge in [0.2, 0.25) is 0 Å². The molecule has 0 aromatic heterocycles. The zero-order chi connectivity index (χ0) is 7.61. The van der Waals surface area contributed by atoms with Crippen molar-refractivity contribution in [3.05, 3.63) is 0 Å². The van der Waals surface area contributed by atoms with Crippen molar-refractivity contribution in [2.75, 3.05) is 20.3 Å². The summed E-state index contributed by atoms with van der Waals surface area (Å²) < 4.78 is 4.77. The van der Waals surface area contributed by atoms with Crippen LogP contribution in [0.3, 0.4) is 0 Å². The zero-order valence-electron chi connectivity index (χ0n) is 6.21. The van der Waals surface area contributed by atoms with Crippen LogP contribution >= 0.6 is 0 Å². The van der Waals surface area contributed by atoms with E-state index < -0.39 is 6.10 Å². The van der Waals surface area contributed by atoms with Crippen LogP contribution in [0.2, 0.25) is 0 Å². The van der Waals surface area contributed by atoms with Crippen LogP contribution < -0.4 is 0 Å². The Morgan fingerprint density at radius 3 is 2.50 bits per heavy atom. The molecule has 3 nitrogen and oxygen atoms in total. The minimum absolute atomic E-state index is 0.0809. The van der Waals surface area contributed by atoms with Crippen LogP contribution in [0.25, 0.3) is 0 Å². The molecule has 0 aromatic carbocycles. The Balaban J connectivity index is 2.32. The highest BCUT2D eigenvalue weighted by atomic mass is 16.5. The number of methoxy groups -OCH3 is 1. The average molecular weight is 146 g/mol. The highest BCUT2D eigenvalue weighted by molar-refractivity contribution is 4.98. The summed E-state index contributed by atoms with van der Waals surface area (Å²) >= 11 is 0. The van der Waals surface area contributed by atoms with E-state index in [1.54, 1.807) is 7.11 Å². The molecule has 0 heterocycles. The molecule has 1 fully saturated rings. The van der Waals surface area contributed by atoms with Crippen LogP contribution in [0.5, 0.6) is 0 Å². The molecule has 0 saturated heterocycles. The van der Waals surface area contributed by atoms with Crippen LogP contribution in [0, 0.1) is 5.41 Å². The molecule has 0 bridgehead atoms. The number of aliphatic hydroxyl groups excluding tert-OH is 2. The maximum absolute atomic E-state index is 9.35. The summed E-state index contributed by atoms with van der Waals surface area (Å²) in [4.78, 5) is 0. The molecule has 1 saturated carbocycles. The van der Waals surface area contributed by atoms with Gasteiger partial charge in [0.15, 0.2) is 0 Å². The largest absolute Gasteiger partial charge is 0.396 e. The van der Waals surface area contributed by atoms with Crippen molar-refractivity contribution in [3.8, 4) is 0 Å². The maximum Gasteiger partial charge on any atom is 0.0851 e. The minimum Gasteiger partial charge on any atom is -0.396 e. The molecular formula is C7H14O3. The van der Waals surface area contributed by atoms with Gasteiger partial charge < -0.3 is 14.9 Å². The first kappa shape index (κ1) is 7.98. The number of rotatable bonds is 4. The summed E-state index contributed by atoms with van der Waals surface area (Å²) in [5.41, 5.74) is -0.212. The molecule has 0 spiro atoms. The number of ether oxygens (including phenoxy) is 1. The highest BCUT2D eigenvalue weighted by Gasteiger charge is 2.48. The van der Waals surface area contributed by atoms with Gasteiger partial charge in [0, 0.05) is 12.5 Å². The molecular weight excluding hydrogens is 132 g/mol. The quantitative estimate of drug-likeness (QED) is 0.576. The molecule has 0 unspecified atom stereocenters. The molecule has 2 N–H and O–H groups in total. The monoisotopic (exact) mass is 146 g/mol. The van der Waals surface area contributed by atoms with E-state index in [0.29, 0.717) is 6.61 Å². The van der Waals surface area contributed by atoms with Gasteiger partial charge in [0.25, 0.3) is 0 Å². The van der Waals surface area contributed by atoms with E-state index in [0.717, 1.165) is 12.8 Å². The van der Waals surface area contributed by atoms with Gasteiger partial charge in [0.05, 0.1) is 19.3 Å². The Hall–Kier alpha value is -0.120. The Morgan fingerprint density at radius 1 is 1.60 bits per heavy atom. The van der Waals surface area contributed by atoms with E-state index in [-0.39, 0.29) is 12.0 Å². The summed E-state index contributed by atoms with van der Waals surface area (Å²) in [5, 5.41) is 18.2. The SMILES string of the molecule is COC[C@@H](O)C1(CO)CC1. The summed E-state index contributed by atoms with van der Waals surface area (Å²) in [7, 11) is 1.55. The first-order valence-corrected chi connectivity index (χ1v) is 3.53. The van der Waals surface area contributed by atoms with Gasteiger partial charge in [-0.05, 0) is 12.8 Å². The third kappa shape index (κ3) is 1.31. The van der Waals surface area contributed by atoms with Gasteiger partial charge in [-0.1, -0.05) is 0 Å². The molecule has 0 aromatic rings. The van der Waals surface area contributed by atoms with Gasteiger partial charge >= 0.3 is 0 Å². The van der Waals surface area contributed by atoms with Crippen molar-refractivity contribution < 1.29 is 14.9 Å². The van der Waals surface area contributed by atoms with Crippen molar-refractivity contribution in [2.24, 2.45) is 5.41 Å². The highest BCUT2D eigenvalue weighted by Crippen LogP contribution is 2.48. The van der Waals surface area contributed by atoms with Crippen molar-refractivity contribution in [3.63, 3.8) is 0 Å². The van der Waals surface area contributed by atoms with Crippen molar-refractivity contribution in [2.45, 2.75) is 18.9 Å². The van der Waals surface area contributed by atoms with Crippen molar-refractivity contribution >= 4 is 0 Å². The van der Waals surface area contributed by atoms with Gasteiger partial charge in [-0.3, -0.25) is 0 Å². The molecule has 10 heavy (non-hydrogen) atoms. The average Bonchev–Trinajstić information content (AvgIpc) is 2.68. The number of aliphatic hydroxyl groups is 2. The Kier molecular flexibility index (Phi) is 2.28. The maximum atomic E-state index is 9.35. The molecule has 1 aliphatic rings. The predicted molar refractivity (Wildman–Crippen MR) is 36.6 cm³/mol. The molecule has 0 amide bonds. The second kappa shape index (κ2) is 2.86. The van der Waals surface area contributed by atoms with Gasteiger partial charge in [-0.15, -0.1) is 0 Å². The second-order valence-electron chi connectivity index (χ2n) is 2.99. The molecule has 60 valence electrons. The lowest BCUT2D eigenvalue weighted by Crippen LogP contribution is -2.29. The smallest absolute Gasteiger partial charge is 0.0851 e. The first-order valence-electron chi connectivity index (χ1n) is 3.53. The molecule has 1 aliphatic carbocycles. The molecule has 0 radical (unpaired) electrons. The van der Waals surface area contributed by atoms with E-state index in [2.05, 4.69) is 0 Å². The summed E-state index contributed by atoms with van der Waals surface area (Å²) in [6, 6.07) is 0. The minimum atomic E-state index is -0.484. The van der Waals surface area contributed by atoms with Gasteiger partial charge in [0.1, 0.15) is 0 Å². The third-order valence-electron chi connectivity index (χ3n) is 2.24. The van der Waals surface area contributed by atoms with Gasteiger partial charge in [-0.2, -0.15) is 0 Å². The van der Waals surface area contributed by atoms with Crippen LogP contribution in [0.15, 0.2) is 0 Å². The van der Waals surface area contributed by atoms with Crippen LogP contribution in [0.1, 0.15) is 12.8 Å². The molecule has 0 aliphatic heterocycles. The van der Waals surface area contributed by atoms with E-state index in [9.17, 15) is 5.11 Å². The third-order valence-corrected chi connectivity index (χ3v) is 2.24. The fraction of sp³-hybridized carbons (Fsp3) is 1.00. The standard InChI is InChI=1S/C7H14O3/c1-10-4-6(9)7(5-8)2-3-7/h6,8-9H,2-5H2,1H3/t6-/m1/s1. The topological polar surface area (TPSA) is 49.7 Å². The lowest BCUT2D eigenvalue weighted by molar-refractivity contribution is -0.00610. The Bertz CT molecular complexity index is 109. The lowest BCUT2D eigenvalue weighted by Gasteiger charge is -2.18. The Morgan fingerprint density at radius 2 is 2.20 bits per heavy atom. The molecule has 3 heteroatoms. The van der Waals surface area contributed by atoms with E-state index in [1.807, 2.05) is 0 Å². The van der Waals surface area contributed by atoms with Crippen molar-refractivity contribution in [1.82, 2.24) is 0 Å². The second-order valence-corrected chi connectivity index (χ2v) is 2.99. The van der Waals surface area contributed by atoms with E-state index in [1.165, 1.54) is 0 Å². The molecule has 1 rings (SSSR count). The number of hydrogen-bond acceptors (Lipinski definition) is 3. The van der Waals surface area contributed by atoms with Crippen molar-refractivity contribution in [1.29, 1.82) is 0 Å². The predicted octanol–water partition coefficient (Wildman–Crippen LogP) is -0.234. The first-order chi connectivity index (χ1) is 4.75. The Labute approximate surface area is 60.6 Å².